The van der Waals surface area contributed by atoms with Crippen LogP contribution in [0.5, 0.6) is 0 Å². The summed E-state index contributed by atoms with van der Waals surface area (Å²) in [4.78, 5) is 23.1. The lowest BCUT2D eigenvalue weighted by Gasteiger charge is -2.41. The van der Waals surface area contributed by atoms with Gasteiger partial charge in [0.1, 0.15) is 5.69 Å². The van der Waals surface area contributed by atoms with Crippen molar-refractivity contribution in [1.29, 1.82) is 0 Å². The molecule has 1 aliphatic heterocycles. The van der Waals surface area contributed by atoms with Crippen molar-refractivity contribution in [3.05, 3.63) is 132 Å². The molecule has 1 fully saturated rings. The molecule has 1 saturated heterocycles. The van der Waals surface area contributed by atoms with Crippen molar-refractivity contribution in [1.82, 2.24) is 9.97 Å². The van der Waals surface area contributed by atoms with Crippen molar-refractivity contribution < 1.29 is 19.4 Å². The Morgan fingerprint density at radius 1 is 0.881 bits per heavy atom. The van der Waals surface area contributed by atoms with Gasteiger partial charge in [0, 0.05) is 27.8 Å². The van der Waals surface area contributed by atoms with Crippen molar-refractivity contribution in [2.24, 2.45) is 5.92 Å². The Morgan fingerprint density at radius 2 is 1.64 bits per heavy atom. The Kier molecular flexibility index (Phi) is 8.58. The fraction of sp³-hybridized carbons (Fsp3) is 0.206. The summed E-state index contributed by atoms with van der Waals surface area (Å²) in [6, 6.07) is 33.1. The molecule has 2 heterocycles. The van der Waals surface area contributed by atoms with Gasteiger partial charge >= 0.3 is 0 Å². The molecule has 5 aromatic rings. The molecule has 2 N–H and O–H groups in total. The number of para-hydroxylation sites is 2. The van der Waals surface area contributed by atoms with Crippen molar-refractivity contribution in [3.63, 3.8) is 0 Å². The average molecular weight is 578 g/mol. The number of carbonyl (C=O) groups excluding carboxylic acids is 1. The third kappa shape index (κ3) is 6.37. The second-order valence-corrected chi connectivity index (χ2v) is 11.4. The summed E-state index contributed by atoms with van der Waals surface area (Å²) in [7, 11) is 0. The Labute approximate surface area is 248 Å². The van der Waals surface area contributed by atoms with Crippen LogP contribution in [0.15, 0.2) is 114 Å². The zero-order valence-electron chi connectivity index (χ0n) is 23.1. The van der Waals surface area contributed by atoms with Gasteiger partial charge in [-0.05, 0) is 47.5 Å². The molecular weight excluding hydrogens is 546 g/mol. The first-order chi connectivity index (χ1) is 20.6. The van der Waals surface area contributed by atoms with Gasteiger partial charge in [0.05, 0.1) is 36.0 Å². The van der Waals surface area contributed by atoms with E-state index in [0.717, 1.165) is 28.0 Å². The molecule has 1 aliphatic rings. The Hall–Kier alpha value is -4.08. The highest BCUT2D eigenvalue weighted by Gasteiger charge is 2.38. The smallest absolute Gasteiger partial charge is 0.275 e. The van der Waals surface area contributed by atoms with E-state index in [9.17, 15) is 9.90 Å². The normalized spacial score (nSPS) is 20.3. The van der Waals surface area contributed by atoms with Crippen LogP contribution < -0.4 is 5.32 Å². The molecule has 0 unspecified atom stereocenters. The lowest BCUT2D eigenvalue weighted by atomic mass is 9.91. The van der Waals surface area contributed by atoms with E-state index < -0.39 is 6.29 Å². The van der Waals surface area contributed by atoms with E-state index in [0.29, 0.717) is 11.2 Å². The van der Waals surface area contributed by atoms with Crippen LogP contribution in [0.4, 0.5) is 5.69 Å². The largest absolute Gasteiger partial charge is 0.392 e. The maximum absolute atomic E-state index is 13.1. The standard InChI is InChI=1S/C34H31N3O4S/c1-22-31(21-42-27-10-3-2-4-11-27)40-34(41-32(22)24-16-14-23(20-38)15-17-24)25-8-7-9-26(18-25)36-33(39)30-19-35-28-12-5-6-13-29(28)37-30/h2-19,22,31-32,34,38H,20-21H2,1H3,(H,36,39)/t22-,31+,32+,34+/m0/s1. The summed E-state index contributed by atoms with van der Waals surface area (Å²) in [6.45, 7) is 2.14. The van der Waals surface area contributed by atoms with Gasteiger partial charge in [-0.25, -0.2) is 4.98 Å². The Bertz CT molecular complexity index is 1670. The zero-order chi connectivity index (χ0) is 28.9. The molecule has 7 nitrogen and oxygen atoms in total. The molecule has 0 aliphatic carbocycles. The van der Waals surface area contributed by atoms with Crippen molar-refractivity contribution >= 4 is 34.4 Å². The lowest BCUT2D eigenvalue weighted by molar-refractivity contribution is -0.268. The van der Waals surface area contributed by atoms with E-state index >= 15 is 0 Å². The van der Waals surface area contributed by atoms with Gasteiger partial charge in [-0.3, -0.25) is 9.78 Å². The van der Waals surface area contributed by atoms with Gasteiger partial charge in [0.25, 0.3) is 5.91 Å². The molecule has 212 valence electrons. The minimum absolute atomic E-state index is 0.00721. The first-order valence-corrected chi connectivity index (χ1v) is 14.9. The Balaban J connectivity index is 1.23. The highest BCUT2D eigenvalue weighted by atomic mass is 32.2. The van der Waals surface area contributed by atoms with Gasteiger partial charge in [0.15, 0.2) is 6.29 Å². The van der Waals surface area contributed by atoms with E-state index in [1.807, 2.05) is 91.0 Å². The van der Waals surface area contributed by atoms with Crippen LogP contribution in [0.2, 0.25) is 0 Å². The third-order valence-corrected chi connectivity index (χ3v) is 8.48. The molecule has 0 saturated carbocycles. The van der Waals surface area contributed by atoms with Crippen LogP contribution in [0.3, 0.4) is 0 Å². The molecule has 4 aromatic carbocycles. The van der Waals surface area contributed by atoms with Crippen LogP contribution in [-0.2, 0) is 16.1 Å². The van der Waals surface area contributed by atoms with E-state index in [-0.39, 0.29) is 36.3 Å². The molecule has 1 aromatic heterocycles. The van der Waals surface area contributed by atoms with Gasteiger partial charge in [0.2, 0.25) is 0 Å². The number of aromatic nitrogens is 2. The van der Waals surface area contributed by atoms with Gasteiger partial charge < -0.3 is 19.9 Å². The number of hydrogen-bond acceptors (Lipinski definition) is 7. The van der Waals surface area contributed by atoms with Crippen LogP contribution >= 0.6 is 11.8 Å². The SMILES string of the molecule is C[C@H]1[C@@H](CSc2ccccc2)O[C@@H](c2cccc(NC(=O)c3cnc4ccccc4n3)c2)O[C@H]1c1ccc(CO)cc1. The summed E-state index contributed by atoms with van der Waals surface area (Å²) < 4.78 is 13.2. The lowest BCUT2D eigenvalue weighted by Crippen LogP contribution is -2.38. The third-order valence-electron chi connectivity index (χ3n) is 7.38. The minimum atomic E-state index is -0.637. The number of nitrogens with one attached hydrogen (secondary N) is 1. The predicted octanol–water partition coefficient (Wildman–Crippen LogP) is 6.96. The second kappa shape index (κ2) is 12.8. The van der Waals surface area contributed by atoms with Crippen molar-refractivity contribution in [2.75, 3.05) is 11.1 Å². The summed E-state index contributed by atoms with van der Waals surface area (Å²) in [5, 5.41) is 12.5. The number of anilines is 1. The summed E-state index contributed by atoms with van der Waals surface area (Å²) >= 11 is 1.76. The van der Waals surface area contributed by atoms with Crippen LogP contribution in [-0.4, -0.2) is 32.8 Å². The Morgan fingerprint density at radius 3 is 2.43 bits per heavy atom. The topological polar surface area (TPSA) is 93.6 Å². The maximum atomic E-state index is 13.1. The molecule has 1 amide bonds. The summed E-state index contributed by atoms with van der Waals surface area (Å²) in [6.07, 6.45) is 0.534. The maximum Gasteiger partial charge on any atom is 0.275 e. The number of hydrogen-bond donors (Lipinski definition) is 2. The molecule has 0 radical (unpaired) electrons. The molecule has 4 atom stereocenters. The number of fused-ring (bicyclic) bond motifs is 1. The van der Waals surface area contributed by atoms with Gasteiger partial charge in [-0.2, -0.15) is 0 Å². The quantitative estimate of drug-likeness (QED) is 0.193. The van der Waals surface area contributed by atoms with Crippen molar-refractivity contribution in [2.45, 2.75) is 36.9 Å². The number of nitrogens with zero attached hydrogens (tertiary/aromatic N) is 2. The summed E-state index contributed by atoms with van der Waals surface area (Å²) in [5.41, 5.74) is 4.93. The highest BCUT2D eigenvalue weighted by molar-refractivity contribution is 7.99. The number of ether oxygens (including phenoxy) is 2. The van der Waals surface area contributed by atoms with Crippen LogP contribution in [0.25, 0.3) is 11.0 Å². The molecule has 6 rings (SSSR count). The number of thioether (sulfide) groups is 1. The molecule has 0 spiro atoms. The second-order valence-electron chi connectivity index (χ2n) is 10.3. The molecular formula is C34H31N3O4S. The van der Waals surface area contributed by atoms with E-state index in [1.54, 1.807) is 11.8 Å². The fourth-order valence-electron chi connectivity index (χ4n) is 5.03. The van der Waals surface area contributed by atoms with E-state index in [2.05, 4.69) is 34.3 Å². The zero-order valence-corrected chi connectivity index (χ0v) is 23.9. The number of benzene rings is 4. The predicted molar refractivity (Wildman–Crippen MR) is 164 cm³/mol. The average Bonchev–Trinajstić information content (AvgIpc) is 3.04. The highest BCUT2D eigenvalue weighted by Crippen LogP contribution is 2.43. The summed E-state index contributed by atoms with van der Waals surface area (Å²) in [5.74, 6) is 0.489. The number of rotatable bonds is 8. The minimum Gasteiger partial charge on any atom is -0.392 e. The van der Waals surface area contributed by atoms with E-state index in [4.69, 9.17) is 9.47 Å². The van der Waals surface area contributed by atoms with Crippen molar-refractivity contribution in [3.8, 4) is 0 Å². The number of aliphatic hydroxyl groups excluding tert-OH is 1. The van der Waals surface area contributed by atoms with Crippen LogP contribution in [0, 0.1) is 5.92 Å². The first kappa shape index (κ1) is 28.1. The number of amides is 1. The van der Waals surface area contributed by atoms with Gasteiger partial charge in [-0.15, -0.1) is 11.8 Å². The number of carbonyl (C=O) groups is 1. The first-order valence-electron chi connectivity index (χ1n) is 13.9. The van der Waals surface area contributed by atoms with Gasteiger partial charge in [-0.1, -0.05) is 73.7 Å². The van der Waals surface area contributed by atoms with Crippen LogP contribution in [0.1, 0.15) is 46.5 Å². The monoisotopic (exact) mass is 577 g/mol. The number of aliphatic hydroxyl groups is 1. The fourth-order valence-corrected chi connectivity index (χ4v) is 6.12. The molecule has 0 bridgehead atoms. The van der Waals surface area contributed by atoms with E-state index in [1.165, 1.54) is 11.1 Å². The molecule has 8 heteroatoms. The molecule has 42 heavy (non-hydrogen) atoms.